The third kappa shape index (κ3) is 5.12. The van der Waals surface area contributed by atoms with Crippen molar-refractivity contribution in [2.75, 3.05) is 39.8 Å². The fourth-order valence-corrected chi connectivity index (χ4v) is 3.67. The Bertz CT molecular complexity index is 739. The molecule has 138 valence electrons. The molecule has 1 aliphatic heterocycles. The molecule has 1 N–H and O–H groups in total. The van der Waals surface area contributed by atoms with Gasteiger partial charge in [0.2, 0.25) is 11.8 Å². The molecule has 0 bridgehead atoms. The molecule has 0 spiro atoms. The molecule has 1 aliphatic rings. The third-order valence-electron chi connectivity index (χ3n) is 4.47. The van der Waals surface area contributed by atoms with Gasteiger partial charge < -0.3 is 15.1 Å². The normalized spacial score (nSPS) is 15.0. The summed E-state index contributed by atoms with van der Waals surface area (Å²) in [5, 5.41) is 5.69. The van der Waals surface area contributed by atoms with Gasteiger partial charge in [-0.15, -0.1) is 11.3 Å². The molecule has 1 aromatic carbocycles. The first-order chi connectivity index (χ1) is 12.6. The number of hydrogen-bond acceptors (Lipinski definition) is 5. The van der Waals surface area contributed by atoms with Crippen molar-refractivity contribution in [1.29, 1.82) is 0 Å². The van der Waals surface area contributed by atoms with Crippen LogP contribution >= 0.6 is 11.3 Å². The van der Waals surface area contributed by atoms with Crippen molar-refractivity contribution in [3.05, 3.63) is 41.4 Å². The maximum atomic E-state index is 12.1. The minimum absolute atomic E-state index is 0.00790. The van der Waals surface area contributed by atoms with E-state index in [1.165, 1.54) is 0 Å². The number of aryl methyl sites for hydroxylation is 1. The maximum Gasteiger partial charge on any atom is 0.242 e. The molecule has 0 radical (unpaired) electrons. The van der Waals surface area contributed by atoms with E-state index in [1.54, 1.807) is 11.3 Å². The maximum absolute atomic E-state index is 12.1. The molecule has 1 saturated heterocycles. The number of carbonyl (C=O) groups is 2. The summed E-state index contributed by atoms with van der Waals surface area (Å²) < 4.78 is 0. The predicted octanol–water partition coefficient (Wildman–Crippen LogP) is 1.63. The number of thiazole rings is 1. The Labute approximate surface area is 157 Å². The Kier molecular flexibility index (Phi) is 6.35. The molecule has 0 unspecified atom stereocenters. The van der Waals surface area contributed by atoms with Crippen molar-refractivity contribution < 1.29 is 9.59 Å². The predicted molar refractivity (Wildman–Crippen MR) is 103 cm³/mol. The molecule has 1 aromatic heterocycles. The Hall–Kier alpha value is -2.25. The van der Waals surface area contributed by atoms with E-state index in [0.29, 0.717) is 12.8 Å². The highest BCUT2D eigenvalue weighted by atomic mass is 32.1. The number of carbonyl (C=O) groups excluding carboxylic acids is 2. The number of nitrogens with one attached hydrogen (secondary N) is 1. The van der Waals surface area contributed by atoms with Crippen LogP contribution in [0.5, 0.6) is 0 Å². The summed E-state index contributed by atoms with van der Waals surface area (Å²) in [6.45, 7) is 3.30. The lowest BCUT2D eigenvalue weighted by atomic mass is 10.2. The first kappa shape index (κ1) is 18.5. The van der Waals surface area contributed by atoms with E-state index in [-0.39, 0.29) is 18.4 Å². The zero-order valence-corrected chi connectivity index (χ0v) is 15.8. The van der Waals surface area contributed by atoms with E-state index < -0.39 is 0 Å². The van der Waals surface area contributed by atoms with Crippen LogP contribution in [0, 0.1) is 0 Å². The molecule has 7 heteroatoms. The minimum Gasteiger partial charge on any atom is -0.347 e. The molecular formula is C19H24N4O2S. The Morgan fingerprint density at radius 2 is 1.88 bits per heavy atom. The largest absolute Gasteiger partial charge is 0.347 e. The lowest BCUT2D eigenvalue weighted by Gasteiger charge is -2.32. The van der Waals surface area contributed by atoms with Crippen LogP contribution in [0.1, 0.15) is 12.1 Å². The third-order valence-corrected chi connectivity index (χ3v) is 5.41. The van der Waals surface area contributed by atoms with Crippen molar-refractivity contribution in [3.63, 3.8) is 0 Å². The quantitative estimate of drug-likeness (QED) is 0.837. The van der Waals surface area contributed by atoms with Crippen LogP contribution in [0.4, 0.5) is 0 Å². The van der Waals surface area contributed by atoms with E-state index in [2.05, 4.69) is 15.2 Å². The zero-order valence-electron chi connectivity index (χ0n) is 15.0. The number of benzene rings is 1. The van der Waals surface area contributed by atoms with Crippen molar-refractivity contribution in [2.45, 2.75) is 12.8 Å². The number of rotatable bonds is 6. The van der Waals surface area contributed by atoms with Crippen LogP contribution < -0.4 is 5.32 Å². The van der Waals surface area contributed by atoms with Crippen LogP contribution in [-0.2, 0) is 16.0 Å². The summed E-state index contributed by atoms with van der Waals surface area (Å²) in [4.78, 5) is 32.7. The molecule has 3 rings (SSSR count). The van der Waals surface area contributed by atoms with Gasteiger partial charge in [-0.2, -0.15) is 0 Å². The topological polar surface area (TPSA) is 65.5 Å². The fourth-order valence-electron chi connectivity index (χ4n) is 2.81. The summed E-state index contributed by atoms with van der Waals surface area (Å²) in [6, 6.07) is 10.0. The Balaban J connectivity index is 1.40. The number of piperazine rings is 1. The van der Waals surface area contributed by atoms with Gasteiger partial charge in [0.1, 0.15) is 5.01 Å². The highest BCUT2D eigenvalue weighted by molar-refractivity contribution is 7.13. The molecular weight excluding hydrogens is 348 g/mol. The summed E-state index contributed by atoms with van der Waals surface area (Å²) in [5.74, 6) is -0.117. The molecule has 0 atom stereocenters. The van der Waals surface area contributed by atoms with Gasteiger partial charge >= 0.3 is 0 Å². The smallest absolute Gasteiger partial charge is 0.242 e. The van der Waals surface area contributed by atoms with Gasteiger partial charge in [0, 0.05) is 43.5 Å². The fraction of sp³-hybridized carbons (Fsp3) is 0.421. The molecule has 0 saturated carbocycles. The summed E-state index contributed by atoms with van der Waals surface area (Å²) in [5.41, 5.74) is 2.00. The molecule has 26 heavy (non-hydrogen) atoms. The second-order valence-corrected chi connectivity index (χ2v) is 7.33. The lowest BCUT2D eigenvalue weighted by Crippen LogP contribution is -2.50. The number of nitrogens with zero attached hydrogens (tertiary/aromatic N) is 3. The van der Waals surface area contributed by atoms with Gasteiger partial charge in [-0.1, -0.05) is 30.3 Å². The van der Waals surface area contributed by atoms with Crippen LogP contribution in [0.3, 0.4) is 0 Å². The highest BCUT2D eigenvalue weighted by Crippen LogP contribution is 2.23. The number of likely N-dealkylation sites (N-methyl/N-ethyl adjacent to an activating group) is 1. The first-order valence-corrected chi connectivity index (χ1v) is 9.72. The van der Waals surface area contributed by atoms with Gasteiger partial charge in [-0.05, 0) is 13.5 Å². The molecule has 2 aromatic rings. The van der Waals surface area contributed by atoms with Gasteiger partial charge in [0.25, 0.3) is 0 Å². The van der Waals surface area contributed by atoms with Crippen LogP contribution in [0.15, 0.2) is 35.7 Å². The van der Waals surface area contributed by atoms with Crippen molar-refractivity contribution in [1.82, 2.24) is 20.1 Å². The molecule has 2 amide bonds. The average Bonchev–Trinajstić information content (AvgIpc) is 3.15. The highest BCUT2D eigenvalue weighted by Gasteiger charge is 2.19. The van der Waals surface area contributed by atoms with E-state index >= 15 is 0 Å². The molecule has 1 fully saturated rings. The van der Waals surface area contributed by atoms with E-state index in [0.717, 1.165) is 42.4 Å². The van der Waals surface area contributed by atoms with Gasteiger partial charge in [0.05, 0.1) is 12.2 Å². The summed E-state index contributed by atoms with van der Waals surface area (Å²) >= 11 is 1.58. The zero-order chi connectivity index (χ0) is 18.4. The molecule has 2 heterocycles. The Morgan fingerprint density at radius 3 is 2.62 bits per heavy atom. The van der Waals surface area contributed by atoms with Crippen molar-refractivity contribution >= 4 is 23.2 Å². The van der Waals surface area contributed by atoms with Crippen LogP contribution in [0.2, 0.25) is 0 Å². The number of amides is 2. The number of aromatic nitrogens is 1. The van der Waals surface area contributed by atoms with E-state index in [4.69, 9.17) is 0 Å². The van der Waals surface area contributed by atoms with Gasteiger partial charge in [-0.3, -0.25) is 9.59 Å². The Morgan fingerprint density at radius 1 is 1.15 bits per heavy atom. The van der Waals surface area contributed by atoms with Crippen LogP contribution in [-0.4, -0.2) is 66.4 Å². The first-order valence-electron chi connectivity index (χ1n) is 8.84. The van der Waals surface area contributed by atoms with E-state index in [1.807, 2.05) is 47.7 Å². The second-order valence-electron chi connectivity index (χ2n) is 6.47. The average molecular weight is 372 g/mol. The van der Waals surface area contributed by atoms with Gasteiger partial charge in [-0.25, -0.2) is 4.98 Å². The monoisotopic (exact) mass is 372 g/mol. The minimum atomic E-state index is -0.110. The SMILES string of the molecule is CN1CCN(C(=O)CNC(=O)CCc2csc(-c3ccccc3)n2)CC1. The van der Waals surface area contributed by atoms with Crippen molar-refractivity contribution in [2.24, 2.45) is 0 Å². The standard InChI is InChI=1S/C19H24N4O2S/c1-22-9-11-23(12-10-22)18(25)13-20-17(24)8-7-16-14-26-19(21-16)15-5-3-2-4-6-15/h2-6,14H,7-13H2,1H3,(H,20,24). The summed E-state index contributed by atoms with van der Waals surface area (Å²) in [7, 11) is 2.05. The second kappa shape index (κ2) is 8.91. The lowest BCUT2D eigenvalue weighted by molar-refractivity contribution is -0.134. The molecule has 0 aliphatic carbocycles. The van der Waals surface area contributed by atoms with Gasteiger partial charge in [0.15, 0.2) is 0 Å². The summed E-state index contributed by atoms with van der Waals surface area (Å²) in [6.07, 6.45) is 0.922. The van der Waals surface area contributed by atoms with E-state index in [9.17, 15) is 9.59 Å². The van der Waals surface area contributed by atoms with Crippen LogP contribution in [0.25, 0.3) is 10.6 Å². The molecule has 6 nitrogen and oxygen atoms in total. The van der Waals surface area contributed by atoms with Crippen molar-refractivity contribution in [3.8, 4) is 10.6 Å². The number of hydrogen-bond donors (Lipinski definition) is 1.